The fourth-order valence-electron chi connectivity index (χ4n) is 3.52. The van der Waals surface area contributed by atoms with E-state index < -0.39 is 0 Å². The molecule has 28 heavy (non-hydrogen) atoms. The molecule has 5 nitrogen and oxygen atoms in total. The topological polar surface area (TPSA) is 58.6 Å². The Kier molecular flexibility index (Phi) is 6.76. The number of carbonyl (C=O) groups is 2. The number of ketones is 1. The van der Waals surface area contributed by atoms with E-state index in [2.05, 4.69) is 10.2 Å². The van der Waals surface area contributed by atoms with Crippen molar-refractivity contribution in [2.45, 2.75) is 12.8 Å². The number of amides is 1. The monoisotopic (exact) mass is 384 g/mol. The molecule has 2 aromatic rings. The number of benzene rings is 2. The molecule has 3 rings (SSSR count). The fraction of sp³-hybridized carbons (Fsp3) is 0.364. The number of nitrogens with one attached hydrogen (secondary N) is 1. The molecule has 6 heteroatoms. The lowest BCUT2D eigenvalue weighted by molar-refractivity contribution is 0.0839. The molecule has 0 bridgehead atoms. The number of methoxy groups -OCH3 is 1. The van der Waals surface area contributed by atoms with Crippen LogP contribution in [-0.2, 0) is 0 Å². The Morgan fingerprint density at radius 1 is 1.11 bits per heavy atom. The second kappa shape index (κ2) is 9.46. The van der Waals surface area contributed by atoms with E-state index in [9.17, 15) is 14.0 Å². The predicted octanol–water partition coefficient (Wildman–Crippen LogP) is 3.16. The highest BCUT2D eigenvalue weighted by Crippen LogP contribution is 2.22. The molecule has 1 aliphatic heterocycles. The van der Waals surface area contributed by atoms with Gasteiger partial charge < -0.3 is 15.0 Å². The first-order valence-corrected chi connectivity index (χ1v) is 9.52. The van der Waals surface area contributed by atoms with Crippen LogP contribution in [0.25, 0.3) is 0 Å². The molecular formula is C22H25FN2O3. The molecular weight excluding hydrogens is 359 g/mol. The van der Waals surface area contributed by atoms with Crippen molar-refractivity contribution in [1.29, 1.82) is 0 Å². The highest BCUT2D eigenvalue weighted by atomic mass is 19.1. The molecule has 1 saturated heterocycles. The van der Waals surface area contributed by atoms with E-state index in [1.54, 1.807) is 37.4 Å². The molecule has 148 valence electrons. The van der Waals surface area contributed by atoms with Crippen LogP contribution in [0.5, 0.6) is 5.75 Å². The van der Waals surface area contributed by atoms with Gasteiger partial charge in [-0.25, -0.2) is 4.39 Å². The van der Waals surface area contributed by atoms with Gasteiger partial charge in [0, 0.05) is 24.6 Å². The molecule has 1 N–H and O–H groups in total. The third-order valence-electron chi connectivity index (χ3n) is 5.15. The molecule has 1 fully saturated rings. The molecule has 1 heterocycles. The molecule has 1 aliphatic rings. The van der Waals surface area contributed by atoms with Crippen molar-refractivity contribution in [3.8, 4) is 5.75 Å². The SMILES string of the molecule is COc1ccccc1C(=O)NCCN1CCC(C(=O)c2ccc(F)cc2)CC1. The van der Waals surface area contributed by atoms with Gasteiger partial charge in [0.1, 0.15) is 11.6 Å². The summed E-state index contributed by atoms with van der Waals surface area (Å²) in [4.78, 5) is 27.1. The van der Waals surface area contributed by atoms with Gasteiger partial charge in [-0.2, -0.15) is 0 Å². The molecule has 0 radical (unpaired) electrons. The van der Waals surface area contributed by atoms with Gasteiger partial charge in [0.2, 0.25) is 0 Å². The highest BCUT2D eigenvalue weighted by Gasteiger charge is 2.25. The molecule has 2 aromatic carbocycles. The van der Waals surface area contributed by atoms with E-state index in [1.807, 2.05) is 6.07 Å². The molecule has 0 aromatic heterocycles. The van der Waals surface area contributed by atoms with Crippen molar-refractivity contribution >= 4 is 11.7 Å². The lowest BCUT2D eigenvalue weighted by Crippen LogP contribution is -2.41. The van der Waals surface area contributed by atoms with Gasteiger partial charge >= 0.3 is 0 Å². The fourth-order valence-corrected chi connectivity index (χ4v) is 3.52. The van der Waals surface area contributed by atoms with E-state index >= 15 is 0 Å². The van der Waals surface area contributed by atoms with Crippen molar-refractivity contribution in [3.05, 3.63) is 65.5 Å². The molecule has 0 aliphatic carbocycles. The minimum atomic E-state index is -0.332. The number of halogens is 1. The predicted molar refractivity (Wildman–Crippen MR) is 105 cm³/mol. The third kappa shape index (κ3) is 4.95. The van der Waals surface area contributed by atoms with Gasteiger partial charge in [-0.3, -0.25) is 9.59 Å². The van der Waals surface area contributed by atoms with E-state index in [0.717, 1.165) is 32.5 Å². The summed E-state index contributed by atoms with van der Waals surface area (Å²) in [6.45, 7) is 2.88. The van der Waals surface area contributed by atoms with Crippen LogP contribution < -0.4 is 10.1 Å². The second-order valence-electron chi connectivity index (χ2n) is 6.94. The zero-order valence-corrected chi connectivity index (χ0v) is 16.0. The van der Waals surface area contributed by atoms with Gasteiger partial charge in [-0.15, -0.1) is 0 Å². The summed E-state index contributed by atoms with van der Waals surface area (Å²) >= 11 is 0. The van der Waals surface area contributed by atoms with Gasteiger partial charge in [0.25, 0.3) is 5.91 Å². The summed E-state index contributed by atoms with van der Waals surface area (Å²) in [5, 5.41) is 2.92. The summed E-state index contributed by atoms with van der Waals surface area (Å²) < 4.78 is 18.2. The van der Waals surface area contributed by atoms with Crippen molar-refractivity contribution in [1.82, 2.24) is 10.2 Å². The van der Waals surface area contributed by atoms with Crippen LogP contribution in [-0.4, -0.2) is 49.9 Å². The van der Waals surface area contributed by atoms with Crippen molar-refractivity contribution in [2.75, 3.05) is 33.3 Å². The number of hydrogen-bond donors (Lipinski definition) is 1. The first-order valence-electron chi connectivity index (χ1n) is 9.52. The molecule has 0 atom stereocenters. The lowest BCUT2D eigenvalue weighted by Gasteiger charge is -2.31. The van der Waals surface area contributed by atoms with Gasteiger partial charge in [-0.1, -0.05) is 12.1 Å². The highest BCUT2D eigenvalue weighted by molar-refractivity contribution is 5.98. The summed E-state index contributed by atoms with van der Waals surface area (Å²) in [6, 6.07) is 12.9. The Hall–Kier alpha value is -2.73. The lowest BCUT2D eigenvalue weighted by atomic mass is 9.89. The normalized spacial score (nSPS) is 15.2. The van der Waals surface area contributed by atoms with Gasteiger partial charge in [-0.05, 0) is 62.3 Å². The average Bonchev–Trinajstić information content (AvgIpc) is 2.74. The Morgan fingerprint density at radius 2 is 1.79 bits per heavy atom. The average molecular weight is 384 g/mol. The Bertz CT molecular complexity index is 815. The molecule has 0 saturated carbocycles. The number of hydrogen-bond acceptors (Lipinski definition) is 4. The standard InChI is InChI=1S/C22H25FN2O3/c1-28-20-5-3-2-4-19(20)22(27)24-12-15-25-13-10-17(11-14-25)21(26)16-6-8-18(23)9-7-16/h2-9,17H,10-15H2,1H3,(H,24,27). The number of nitrogens with zero attached hydrogens (tertiary/aromatic N) is 1. The maximum atomic E-state index is 13.0. The zero-order valence-electron chi connectivity index (χ0n) is 16.0. The van der Waals surface area contributed by atoms with Gasteiger partial charge in [0.05, 0.1) is 12.7 Å². The summed E-state index contributed by atoms with van der Waals surface area (Å²) in [6.07, 6.45) is 1.55. The smallest absolute Gasteiger partial charge is 0.255 e. The van der Waals surface area contributed by atoms with Crippen LogP contribution in [0.1, 0.15) is 33.6 Å². The van der Waals surface area contributed by atoms with Crippen LogP contribution in [0, 0.1) is 11.7 Å². The van der Waals surface area contributed by atoms with Crippen LogP contribution in [0.3, 0.4) is 0 Å². The number of Topliss-reactive ketones (excluding diaryl/α,β-unsaturated/α-hetero) is 1. The second-order valence-corrected chi connectivity index (χ2v) is 6.94. The maximum Gasteiger partial charge on any atom is 0.255 e. The molecule has 0 unspecified atom stereocenters. The minimum Gasteiger partial charge on any atom is -0.496 e. The Morgan fingerprint density at radius 3 is 2.46 bits per heavy atom. The van der Waals surface area contributed by atoms with Crippen LogP contribution in [0.15, 0.2) is 48.5 Å². The van der Waals surface area contributed by atoms with Crippen molar-refractivity contribution in [2.24, 2.45) is 5.92 Å². The van der Waals surface area contributed by atoms with Crippen LogP contribution >= 0.6 is 0 Å². The van der Waals surface area contributed by atoms with Crippen LogP contribution in [0.2, 0.25) is 0 Å². The van der Waals surface area contributed by atoms with E-state index in [0.29, 0.717) is 23.4 Å². The van der Waals surface area contributed by atoms with E-state index in [-0.39, 0.29) is 23.4 Å². The number of likely N-dealkylation sites (tertiary alicyclic amines) is 1. The number of para-hydroxylation sites is 1. The van der Waals surface area contributed by atoms with E-state index in [4.69, 9.17) is 4.74 Å². The number of carbonyl (C=O) groups excluding carboxylic acids is 2. The van der Waals surface area contributed by atoms with Crippen molar-refractivity contribution < 1.29 is 18.7 Å². The number of ether oxygens (including phenoxy) is 1. The van der Waals surface area contributed by atoms with Gasteiger partial charge in [0.15, 0.2) is 5.78 Å². The minimum absolute atomic E-state index is 0.0233. The Labute approximate surface area is 164 Å². The van der Waals surface area contributed by atoms with Crippen molar-refractivity contribution in [3.63, 3.8) is 0 Å². The molecule has 0 spiro atoms. The number of piperidine rings is 1. The summed E-state index contributed by atoms with van der Waals surface area (Å²) in [5.74, 6) is 0.134. The van der Waals surface area contributed by atoms with Crippen LogP contribution in [0.4, 0.5) is 4.39 Å². The third-order valence-corrected chi connectivity index (χ3v) is 5.15. The Balaban J connectivity index is 1.43. The quantitative estimate of drug-likeness (QED) is 0.745. The zero-order chi connectivity index (χ0) is 19.9. The van der Waals surface area contributed by atoms with E-state index in [1.165, 1.54) is 12.1 Å². The maximum absolute atomic E-state index is 13.0. The summed E-state index contributed by atoms with van der Waals surface area (Å²) in [5.41, 5.74) is 1.09. The summed E-state index contributed by atoms with van der Waals surface area (Å²) in [7, 11) is 1.55. The molecule has 1 amide bonds. The first kappa shape index (κ1) is 20.0. The largest absolute Gasteiger partial charge is 0.496 e. The number of rotatable bonds is 7. The first-order chi connectivity index (χ1) is 13.6.